The topological polar surface area (TPSA) is 60.2 Å². The molecule has 0 aliphatic carbocycles. The third-order valence-electron chi connectivity index (χ3n) is 2.80. The number of ether oxygens (including phenoxy) is 1. The third kappa shape index (κ3) is 3.18. The molecule has 2 aromatic rings. The number of hydrogen-bond acceptors (Lipinski definition) is 4. The van der Waals surface area contributed by atoms with Crippen molar-refractivity contribution in [2.75, 3.05) is 12.4 Å². The largest absolute Gasteiger partial charge is 0.496 e. The summed E-state index contributed by atoms with van der Waals surface area (Å²) in [6, 6.07) is 9.12. The van der Waals surface area contributed by atoms with Crippen LogP contribution in [0.4, 0.5) is 5.82 Å². The first-order chi connectivity index (χ1) is 9.63. The lowest BCUT2D eigenvalue weighted by atomic mass is 10.2. The highest BCUT2D eigenvalue weighted by Crippen LogP contribution is 2.27. The molecule has 0 aliphatic rings. The standard InChI is InChI=1S/C14H14ClN3OS/c1-19-12-6-2-5-11(15)10(12)8-18-14-9(13(16)20)4-3-7-17-14/h2-7H,8H2,1H3,(H2,16,20)(H,17,18). The molecule has 0 unspecified atom stereocenters. The molecule has 0 amide bonds. The van der Waals surface area contributed by atoms with Crippen LogP contribution in [0, 0.1) is 0 Å². The molecule has 0 fully saturated rings. The predicted octanol–water partition coefficient (Wildman–Crippen LogP) is 2.99. The molecule has 1 aromatic heterocycles. The zero-order valence-corrected chi connectivity index (χ0v) is 12.5. The number of benzene rings is 1. The number of nitrogens with one attached hydrogen (secondary N) is 1. The zero-order chi connectivity index (χ0) is 14.5. The van der Waals surface area contributed by atoms with Gasteiger partial charge in [0.2, 0.25) is 0 Å². The number of thiocarbonyl (C=S) groups is 1. The van der Waals surface area contributed by atoms with Gasteiger partial charge in [-0.1, -0.05) is 29.9 Å². The number of anilines is 1. The van der Waals surface area contributed by atoms with E-state index in [0.29, 0.717) is 27.9 Å². The maximum atomic E-state index is 6.19. The predicted molar refractivity (Wildman–Crippen MR) is 85.5 cm³/mol. The molecule has 0 aliphatic heterocycles. The van der Waals surface area contributed by atoms with Gasteiger partial charge >= 0.3 is 0 Å². The van der Waals surface area contributed by atoms with Gasteiger partial charge in [0.15, 0.2) is 0 Å². The fourth-order valence-corrected chi connectivity index (χ4v) is 2.22. The minimum atomic E-state index is 0.298. The second-order valence-electron chi connectivity index (χ2n) is 4.04. The molecule has 20 heavy (non-hydrogen) atoms. The Morgan fingerprint density at radius 3 is 2.90 bits per heavy atom. The number of rotatable bonds is 5. The van der Waals surface area contributed by atoms with Gasteiger partial charge in [0.25, 0.3) is 0 Å². The Morgan fingerprint density at radius 2 is 2.20 bits per heavy atom. The molecule has 1 heterocycles. The van der Waals surface area contributed by atoms with Crippen molar-refractivity contribution in [3.05, 3.63) is 52.7 Å². The molecule has 0 spiro atoms. The summed E-state index contributed by atoms with van der Waals surface area (Å²) in [5.74, 6) is 1.35. The lowest BCUT2D eigenvalue weighted by Crippen LogP contribution is -2.14. The number of hydrogen-bond donors (Lipinski definition) is 2. The van der Waals surface area contributed by atoms with Crippen molar-refractivity contribution in [1.82, 2.24) is 4.98 Å². The highest BCUT2D eigenvalue weighted by atomic mass is 35.5. The fourth-order valence-electron chi connectivity index (χ4n) is 1.82. The van der Waals surface area contributed by atoms with Crippen molar-refractivity contribution in [3.8, 4) is 5.75 Å². The van der Waals surface area contributed by atoms with Crippen LogP contribution in [0.25, 0.3) is 0 Å². The van der Waals surface area contributed by atoms with Gasteiger partial charge in [-0.2, -0.15) is 0 Å². The van der Waals surface area contributed by atoms with Crippen molar-refractivity contribution in [3.63, 3.8) is 0 Å². The molecule has 0 saturated heterocycles. The van der Waals surface area contributed by atoms with Crippen LogP contribution in [0.5, 0.6) is 5.75 Å². The number of methoxy groups -OCH3 is 1. The monoisotopic (exact) mass is 307 g/mol. The normalized spacial score (nSPS) is 10.1. The van der Waals surface area contributed by atoms with Crippen molar-refractivity contribution >= 4 is 34.6 Å². The van der Waals surface area contributed by atoms with Crippen LogP contribution < -0.4 is 15.8 Å². The number of aromatic nitrogens is 1. The van der Waals surface area contributed by atoms with Crippen LogP contribution in [0.1, 0.15) is 11.1 Å². The molecular weight excluding hydrogens is 294 g/mol. The van der Waals surface area contributed by atoms with Crippen molar-refractivity contribution in [2.24, 2.45) is 5.73 Å². The zero-order valence-electron chi connectivity index (χ0n) is 10.9. The Balaban J connectivity index is 2.24. The molecule has 2 rings (SSSR count). The van der Waals surface area contributed by atoms with Gasteiger partial charge in [-0.25, -0.2) is 4.98 Å². The number of halogens is 1. The minimum Gasteiger partial charge on any atom is -0.496 e. The Morgan fingerprint density at radius 1 is 1.40 bits per heavy atom. The molecule has 6 heteroatoms. The molecule has 0 bridgehead atoms. The number of pyridine rings is 1. The van der Waals surface area contributed by atoms with E-state index in [1.807, 2.05) is 24.3 Å². The minimum absolute atomic E-state index is 0.298. The van der Waals surface area contributed by atoms with Gasteiger partial charge in [0.05, 0.1) is 12.7 Å². The summed E-state index contributed by atoms with van der Waals surface area (Å²) < 4.78 is 5.30. The molecule has 0 radical (unpaired) electrons. The van der Waals surface area contributed by atoms with E-state index >= 15 is 0 Å². The Labute approximate surface area is 127 Å². The second-order valence-corrected chi connectivity index (χ2v) is 4.89. The van der Waals surface area contributed by atoms with Crippen LogP contribution in [-0.2, 0) is 6.54 Å². The van der Waals surface area contributed by atoms with E-state index in [-0.39, 0.29) is 0 Å². The third-order valence-corrected chi connectivity index (χ3v) is 3.38. The van der Waals surface area contributed by atoms with E-state index in [4.69, 9.17) is 34.3 Å². The Hall–Kier alpha value is -1.85. The summed E-state index contributed by atoms with van der Waals surface area (Å²) in [6.07, 6.45) is 1.67. The van der Waals surface area contributed by atoms with Crippen LogP contribution in [0.15, 0.2) is 36.5 Å². The molecule has 1 aromatic carbocycles. The molecule has 0 atom stereocenters. The fraction of sp³-hybridized carbons (Fsp3) is 0.143. The molecule has 104 valence electrons. The smallest absolute Gasteiger partial charge is 0.136 e. The van der Waals surface area contributed by atoms with Gasteiger partial charge in [0.1, 0.15) is 16.6 Å². The van der Waals surface area contributed by atoms with Crippen molar-refractivity contribution in [1.29, 1.82) is 0 Å². The molecule has 3 N–H and O–H groups in total. The van der Waals surface area contributed by atoms with E-state index in [0.717, 1.165) is 11.3 Å². The molecule has 0 saturated carbocycles. The second kappa shape index (κ2) is 6.54. The summed E-state index contributed by atoms with van der Waals surface area (Å²) in [6.45, 7) is 0.468. The van der Waals surface area contributed by atoms with E-state index in [9.17, 15) is 0 Å². The highest BCUT2D eigenvalue weighted by Gasteiger charge is 2.10. The van der Waals surface area contributed by atoms with Crippen molar-refractivity contribution in [2.45, 2.75) is 6.54 Å². The van der Waals surface area contributed by atoms with Gasteiger partial charge < -0.3 is 15.8 Å². The summed E-state index contributed by atoms with van der Waals surface area (Å²) in [5, 5.41) is 3.81. The quantitative estimate of drug-likeness (QED) is 0.832. The summed E-state index contributed by atoms with van der Waals surface area (Å²) in [7, 11) is 1.61. The molecular formula is C14H14ClN3OS. The number of nitrogens with zero attached hydrogens (tertiary/aromatic N) is 1. The van der Waals surface area contributed by atoms with Gasteiger partial charge in [0, 0.05) is 23.3 Å². The number of nitrogens with two attached hydrogens (primary N) is 1. The van der Waals surface area contributed by atoms with Gasteiger partial charge in [-0.05, 0) is 24.3 Å². The van der Waals surface area contributed by atoms with E-state index in [2.05, 4.69) is 10.3 Å². The molecule has 4 nitrogen and oxygen atoms in total. The lowest BCUT2D eigenvalue weighted by molar-refractivity contribution is 0.410. The summed E-state index contributed by atoms with van der Waals surface area (Å²) in [4.78, 5) is 4.54. The maximum Gasteiger partial charge on any atom is 0.136 e. The summed E-state index contributed by atoms with van der Waals surface area (Å²) in [5.41, 5.74) is 7.23. The van der Waals surface area contributed by atoms with Crippen LogP contribution in [0.2, 0.25) is 5.02 Å². The highest BCUT2D eigenvalue weighted by molar-refractivity contribution is 7.80. The average Bonchev–Trinajstić information content (AvgIpc) is 2.46. The first kappa shape index (κ1) is 14.6. The van der Waals surface area contributed by atoms with Gasteiger partial charge in [-0.3, -0.25) is 0 Å². The lowest BCUT2D eigenvalue weighted by Gasteiger charge is -2.13. The first-order valence-electron chi connectivity index (χ1n) is 5.93. The van der Waals surface area contributed by atoms with Crippen LogP contribution in [-0.4, -0.2) is 17.1 Å². The first-order valence-corrected chi connectivity index (χ1v) is 6.72. The van der Waals surface area contributed by atoms with Gasteiger partial charge in [-0.15, -0.1) is 0 Å². The van der Waals surface area contributed by atoms with Crippen LogP contribution >= 0.6 is 23.8 Å². The average molecular weight is 308 g/mol. The van der Waals surface area contributed by atoms with Crippen LogP contribution in [0.3, 0.4) is 0 Å². The Kier molecular flexibility index (Phi) is 4.76. The van der Waals surface area contributed by atoms with E-state index in [1.165, 1.54) is 0 Å². The van der Waals surface area contributed by atoms with E-state index < -0.39 is 0 Å². The summed E-state index contributed by atoms with van der Waals surface area (Å²) >= 11 is 11.2. The Bertz CT molecular complexity index is 634. The SMILES string of the molecule is COc1cccc(Cl)c1CNc1ncccc1C(N)=S. The maximum absolute atomic E-state index is 6.19. The van der Waals surface area contributed by atoms with E-state index in [1.54, 1.807) is 19.4 Å². The van der Waals surface area contributed by atoms with Crippen molar-refractivity contribution < 1.29 is 4.74 Å².